The molecule has 3 N–H and O–H groups in total. The van der Waals surface area contributed by atoms with E-state index in [9.17, 15) is 4.79 Å². The van der Waals surface area contributed by atoms with E-state index in [1.54, 1.807) is 18.2 Å². The third kappa shape index (κ3) is 2.87. The number of nitrogens with two attached hydrogens (primary N) is 1. The zero-order valence-corrected chi connectivity index (χ0v) is 8.72. The maximum Gasteiger partial charge on any atom is 0.305 e. The minimum absolute atomic E-state index is 0.151. The van der Waals surface area contributed by atoms with Crippen molar-refractivity contribution in [3.8, 4) is 0 Å². The summed E-state index contributed by atoms with van der Waals surface area (Å²) in [6.07, 6.45) is -0.151. The van der Waals surface area contributed by atoms with Gasteiger partial charge in [0.15, 0.2) is 0 Å². The number of halogens is 2. The summed E-state index contributed by atoms with van der Waals surface area (Å²) in [6, 6.07) is 4.21. The van der Waals surface area contributed by atoms with Gasteiger partial charge >= 0.3 is 5.97 Å². The van der Waals surface area contributed by atoms with Gasteiger partial charge in [0.1, 0.15) is 0 Å². The normalized spacial score (nSPS) is 12.5. The summed E-state index contributed by atoms with van der Waals surface area (Å²) in [4.78, 5) is 10.4. The summed E-state index contributed by atoms with van der Waals surface area (Å²) in [7, 11) is 0. The van der Waals surface area contributed by atoms with Crippen LogP contribution in [0.15, 0.2) is 18.2 Å². The molecule has 0 saturated carbocycles. The van der Waals surface area contributed by atoms with Gasteiger partial charge in [-0.05, 0) is 17.7 Å². The Labute approximate surface area is 91.4 Å². The smallest absolute Gasteiger partial charge is 0.305 e. The summed E-state index contributed by atoms with van der Waals surface area (Å²) in [5.41, 5.74) is 6.23. The molecule has 0 aliphatic heterocycles. The molecule has 0 aliphatic rings. The van der Waals surface area contributed by atoms with Crippen LogP contribution in [0.25, 0.3) is 0 Å². The van der Waals surface area contributed by atoms with Crippen LogP contribution in [-0.2, 0) is 4.79 Å². The lowest BCUT2D eigenvalue weighted by atomic mass is 10.1. The molecule has 0 amide bonds. The van der Waals surface area contributed by atoms with Crippen molar-refractivity contribution in [2.45, 2.75) is 12.5 Å². The van der Waals surface area contributed by atoms with Crippen LogP contribution < -0.4 is 5.73 Å². The first-order chi connectivity index (χ1) is 6.50. The highest BCUT2D eigenvalue weighted by Gasteiger charge is 2.13. The number of aliphatic carboxylic acids is 1. The zero-order chi connectivity index (χ0) is 10.7. The highest BCUT2D eigenvalue weighted by atomic mass is 35.5. The quantitative estimate of drug-likeness (QED) is 0.844. The van der Waals surface area contributed by atoms with Gasteiger partial charge in [0.05, 0.1) is 6.42 Å². The van der Waals surface area contributed by atoms with Crippen LogP contribution in [0.4, 0.5) is 0 Å². The van der Waals surface area contributed by atoms with E-state index in [2.05, 4.69) is 0 Å². The van der Waals surface area contributed by atoms with Gasteiger partial charge in [-0.2, -0.15) is 0 Å². The lowest BCUT2D eigenvalue weighted by molar-refractivity contribution is -0.137. The molecule has 0 bridgehead atoms. The molecular formula is C9H9Cl2NO2. The molecule has 14 heavy (non-hydrogen) atoms. The van der Waals surface area contributed by atoms with Gasteiger partial charge in [0, 0.05) is 16.1 Å². The SMILES string of the molecule is NC(CC(=O)O)c1ccc(Cl)cc1Cl. The summed E-state index contributed by atoms with van der Waals surface area (Å²) < 4.78 is 0. The van der Waals surface area contributed by atoms with Crippen molar-refractivity contribution in [2.24, 2.45) is 5.73 Å². The van der Waals surface area contributed by atoms with E-state index in [-0.39, 0.29) is 6.42 Å². The molecule has 0 saturated heterocycles. The number of rotatable bonds is 3. The monoisotopic (exact) mass is 233 g/mol. The van der Waals surface area contributed by atoms with Crippen molar-refractivity contribution in [2.75, 3.05) is 0 Å². The van der Waals surface area contributed by atoms with Crippen molar-refractivity contribution in [1.82, 2.24) is 0 Å². The Morgan fingerprint density at radius 2 is 2.14 bits per heavy atom. The third-order valence-corrected chi connectivity index (χ3v) is 2.32. The molecule has 0 aliphatic carbocycles. The highest BCUT2D eigenvalue weighted by Crippen LogP contribution is 2.26. The van der Waals surface area contributed by atoms with Gasteiger partial charge in [0.2, 0.25) is 0 Å². The van der Waals surface area contributed by atoms with Crippen LogP contribution in [0.2, 0.25) is 10.0 Å². The van der Waals surface area contributed by atoms with Crippen LogP contribution >= 0.6 is 23.2 Å². The predicted molar refractivity (Wildman–Crippen MR) is 55.6 cm³/mol. The first-order valence-corrected chi connectivity index (χ1v) is 4.68. The third-order valence-electron chi connectivity index (χ3n) is 1.76. The molecular weight excluding hydrogens is 225 g/mol. The molecule has 0 fully saturated rings. The van der Waals surface area contributed by atoms with Crippen molar-refractivity contribution < 1.29 is 9.90 Å². The minimum atomic E-state index is -0.955. The number of carbonyl (C=O) groups is 1. The average Bonchev–Trinajstić information content (AvgIpc) is 2.01. The Bertz CT molecular complexity index is 355. The van der Waals surface area contributed by atoms with Crippen molar-refractivity contribution in [1.29, 1.82) is 0 Å². The van der Waals surface area contributed by atoms with E-state index in [1.807, 2.05) is 0 Å². The second kappa shape index (κ2) is 4.64. The molecule has 1 rings (SSSR count). The summed E-state index contributed by atoms with van der Waals surface area (Å²) in [5.74, 6) is -0.955. The highest BCUT2D eigenvalue weighted by molar-refractivity contribution is 6.35. The topological polar surface area (TPSA) is 63.3 Å². The Morgan fingerprint density at radius 1 is 1.50 bits per heavy atom. The van der Waals surface area contributed by atoms with Crippen LogP contribution in [-0.4, -0.2) is 11.1 Å². The van der Waals surface area contributed by atoms with Crippen molar-refractivity contribution >= 4 is 29.2 Å². The number of carboxylic acid groups (broad SMARTS) is 1. The van der Waals surface area contributed by atoms with Crippen molar-refractivity contribution in [3.05, 3.63) is 33.8 Å². The molecule has 0 radical (unpaired) electrons. The van der Waals surface area contributed by atoms with Crippen LogP contribution in [0, 0.1) is 0 Å². The summed E-state index contributed by atoms with van der Waals surface area (Å²) in [5, 5.41) is 9.44. The Hall–Kier alpha value is -0.770. The fourth-order valence-electron chi connectivity index (χ4n) is 1.10. The first kappa shape index (κ1) is 11.3. The fraction of sp³-hybridized carbons (Fsp3) is 0.222. The van der Waals surface area contributed by atoms with Crippen LogP contribution in [0.3, 0.4) is 0 Å². The molecule has 1 aromatic carbocycles. The second-order valence-electron chi connectivity index (χ2n) is 2.87. The van der Waals surface area contributed by atoms with Crippen molar-refractivity contribution in [3.63, 3.8) is 0 Å². The van der Waals surface area contributed by atoms with E-state index < -0.39 is 12.0 Å². The predicted octanol–water partition coefficient (Wildman–Crippen LogP) is 2.47. The molecule has 0 heterocycles. The molecule has 0 spiro atoms. The Morgan fingerprint density at radius 3 is 2.64 bits per heavy atom. The van der Waals surface area contributed by atoms with E-state index in [0.29, 0.717) is 15.6 Å². The molecule has 0 aromatic heterocycles. The van der Waals surface area contributed by atoms with Gasteiger partial charge in [-0.25, -0.2) is 0 Å². The minimum Gasteiger partial charge on any atom is -0.481 e. The summed E-state index contributed by atoms with van der Waals surface area (Å²) in [6.45, 7) is 0. The molecule has 3 nitrogen and oxygen atoms in total. The maximum absolute atomic E-state index is 10.4. The van der Waals surface area contributed by atoms with Gasteiger partial charge in [-0.1, -0.05) is 29.3 Å². The molecule has 1 atom stereocenters. The number of hydrogen-bond acceptors (Lipinski definition) is 2. The number of benzene rings is 1. The van der Waals surface area contributed by atoms with E-state index in [4.69, 9.17) is 34.0 Å². The standard InChI is InChI=1S/C9H9Cl2NO2/c10-5-1-2-6(7(11)3-5)8(12)4-9(13)14/h1-3,8H,4,12H2,(H,13,14). The van der Waals surface area contributed by atoms with Gasteiger partial charge in [-0.3, -0.25) is 4.79 Å². The average molecular weight is 234 g/mol. The van der Waals surface area contributed by atoms with Gasteiger partial charge < -0.3 is 10.8 Å². The number of hydrogen-bond donors (Lipinski definition) is 2. The van der Waals surface area contributed by atoms with Gasteiger partial charge in [-0.15, -0.1) is 0 Å². The lowest BCUT2D eigenvalue weighted by Crippen LogP contribution is -2.15. The van der Waals surface area contributed by atoms with E-state index in [0.717, 1.165) is 0 Å². The van der Waals surface area contributed by atoms with E-state index in [1.165, 1.54) is 0 Å². The Balaban J connectivity index is 2.90. The fourth-order valence-corrected chi connectivity index (χ4v) is 1.65. The number of carboxylic acids is 1. The molecule has 1 aromatic rings. The molecule has 1 unspecified atom stereocenters. The molecule has 76 valence electrons. The Kier molecular flexibility index (Phi) is 3.75. The van der Waals surface area contributed by atoms with E-state index >= 15 is 0 Å². The zero-order valence-electron chi connectivity index (χ0n) is 7.21. The summed E-state index contributed by atoms with van der Waals surface area (Å²) >= 11 is 11.5. The second-order valence-corrected chi connectivity index (χ2v) is 3.71. The van der Waals surface area contributed by atoms with Crippen LogP contribution in [0.5, 0.6) is 0 Å². The van der Waals surface area contributed by atoms with Crippen LogP contribution in [0.1, 0.15) is 18.0 Å². The molecule has 5 heteroatoms. The largest absolute Gasteiger partial charge is 0.481 e. The lowest BCUT2D eigenvalue weighted by Gasteiger charge is -2.11. The first-order valence-electron chi connectivity index (χ1n) is 3.93. The maximum atomic E-state index is 10.4. The van der Waals surface area contributed by atoms with Gasteiger partial charge in [0.25, 0.3) is 0 Å².